The highest BCUT2D eigenvalue weighted by Gasteiger charge is 2.56. The number of rotatable bonds is 5. The van der Waals surface area contributed by atoms with E-state index in [1.54, 1.807) is 31.2 Å². The predicted molar refractivity (Wildman–Crippen MR) is 80.8 cm³/mol. The Labute approximate surface area is 128 Å². The number of hydroxylamine groups is 1. The lowest BCUT2D eigenvalue weighted by atomic mass is 9.94. The number of hydrogen-bond acceptors (Lipinski definition) is 7. The normalized spacial score (nSPS) is 21.8. The van der Waals surface area contributed by atoms with Crippen LogP contribution in [-0.4, -0.2) is 42.0 Å². The van der Waals surface area contributed by atoms with Crippen LogP contribution in [0, 0.1) is 0 Å². The second-order valence-electron chi connectivity index (χ2n) is 4.51. The summed E-state index contributed by atoms with van der Waals surface area (Å²) in [6, 6.07) is 8.83. The fourth-order valence-corrected chi connectivity index (χ4v) is 2.17. The molecule has 1 aliphatic heterocycles. The minimum Gasteiger partial charge on any atom is -0.478 e. The number of ether oxygens (including phenoxy) is 1. The third-order valence-corrected chi connectivity index (χ3v) is 3.25. The fourth-order valence-electron chi connectivity index (χ4n) is 2.17. The number of hydrazone groups is 1. The molecule has 118 valence electrons. The van der Waals surface area contributed by atoms with Gasteiger partial charge < -0.3 is 14.8 Å². The predicted octanol–water partition coefficient (Wildman–Crippen LogP) is 1.12. The van der Waals surface area contributed by atoms with Crippen LogP contribution in [0.15, 0.2) is 40.6 Å². The second kappa shape index (κ2) is 6.54. The Bertz CT molecular complexity index is 602. The zero-order valence-electron chi connectivity index (χ0n) is 12.6. The van der Waals surface area contributed by atoms with E-state index in [4.69, 9.17) is 9.57 Å². The van der Waals surface area contributed by atoms with E-state index in [2.05, 4.69) is 10.3 Å². The van der Waals surface area contributed by atoms with E-state index in [9.17, 15) is 10.0 Å². The van der Waals surface area contributed by atoms with E-state index < -0.39 is 11.4 Å². The van der Waals surface area contributed by atoms with E-state index in [0.717, 1.165) is 5.01 Å². The zero-order valence-corrected chi connectivity index (χ0v) is 12.6. The number of carbonyl (C=O) groups is 1. The Balaban J connectivity index is 2.52. The number of amides is 1. The molecule has 22 heavy (non-hydrogen) atoms. The minimum absolute atomic E-state index is 0.00431. The van der Waals surface area contributed by atoms with Gasteiger partial charge in [-0.2, -0.15) is 10.5 Å². The zero-order chi connectivity index (χ0) is 16.2. The molecule has 1 aromatic rings. The summed E-state index contributed by atoms with van der Waals surface area (Å²) >= 11 is 0. The maximum Gasteiger partial charge on any atom is 0.285 e. The van der Waals surface area contributed by atoms with Crippen LogP contribution in [0.3, 0.4) is 0 Å². The van der Waals surface area contributed by atoms with Gasteiger partial charge in [0.05, 0.1) is 18.0 Å². The molecule has 8 nitrogen and oxygen atoms in total. The average Bonchev–Trinajstić information content (AvgIpc) is 2.82. The van der Waals surface area contributed by atoms with Crippen molar-refractivity contribution in [3.05, 3.63) is 30.3 Å². The molecule has 0 aromatic heterocycles. The molecule has 0 fully saturated rings. The molecule has 2 rings (SSSR count). The van der Waals surface area contributed by atoms with Crippen molar-refractivity contribution < 1.29 is 19.6 Å². The molecule has 1 atom stereocenters. The van der Waals surface area contributed by atoms with Crippen LogP contribution < -0.4 is 10.5 Å². The van der Waals surface area contributed by atoms with Gasteiger partial charge >= 0.3 is 0 Å². The van der Waals surface area contributed by atoms with E-state index in [1.165, 1.54) is 14.0 Å². The summed E-state index contributed by atoms with van der Waals surface area (Å²) < 4.78 is 5.43. The first kappa shape index (κ1) is 15.9. The highest BCUT2D eigenvalue weighted by Crippen LogP contribution is 2.28. The average molecular weight is 306 g/mol. The largest absolute Gasteiger partial charge is 0.478 e. The number of nitrogens with one attached hydrogen (secondary N) is 1. The third kappa shape index (κ3) is 2.42. The van der Waals surface area contributed by atoms with E-state index in [-0.39, 0.29) is 18.2 Å². The van der Waals surface area contributed by atoms with E-state index in [1.807, 2.05) is 11.5 Å². The Morgan fingerprint density at radius 3 is 2.68 bits per heavy atom. The molecule has 1 heterocycles. The van der Waals surface area contributed by atoms with E-state index >= 15 is 0 Å². The Morgan fingerprint density at radius 2 is 2.14 bits per heavy atom. The van der Waals surface area contributed by atoms with Crippen molar-refractivity contribution in [2.45, 2.75) is 19.4 Å². The lowest BCUT2D eigenvalue weighted by molar-refractivity contribution is -0.122. The molecule has 0 radical (unpaired) electrons. The number of oxime groups is 1. The van der Waals surface area contributed by atoms with Gasteiger partial charge in [0.2, 0.25) is 11.4 Å². The summed E-state index contributed by atoms with van der Waals surface area (Å²) in [6.07, 6.45) is 0. The summed E-state index contributed by atoms with van der Waals surface area (Å²) in [7, 11) is 1.35. The fraction of sp³-hybridized carbons (Fsp3) is 0.357. The Kier molecular flexibility index (Phi) is 4.74. The number of carbonyl (C=O) groups excluding carboxylic acids is 1. The molecule has 0 spiro atoms. The number of benzene rings is 1. The lowest BCUT2D eigenvalue weighted by Gasteiger charge is -2.25. The maximum atomic E-state index is 12.8. The monoisotopic (exact) mass is 306 g/mol. The van der Waals surface area contributed by atoms with Gasteiger partial charge in [-0.3, -0.25) is 4.79 Å². The second-order valence-corrected chi connectivity index (χ2v) is 4.51. The van der Waals surface area contributed by atoms with Crippen LogP contribution in [0.4, 0.5) is 5.69 Å². The van der Waals surface area contributed by atoms with Gasteiger partial charge in [-0.25, -0.2) is 0 Å². The lowest BCUT2D eigenvalue weighted by Crippen LogP contribution is -2.62. The Morgan fingerprint density at radius 1 is 1.45 bits per heavy atom. The first-order chi connectivity index (χ1) is 10.6. The van der Waals surface area contributed by atoms with Crippen molar-refractivity contribution in [1.82, 2.24) is 5.48 Å². The van der Waals surface area contributed by atoms with Crippen LogP contribution in [0.2, 0.25) is 0 Å². The summed E-state index contributed by atoms with van der Waals surface area (Å²) in [4.78, 5) is 17.5. The molecule has 0 saturated carbocycles. The highest BCUT2D eigenvalue weighted by molar-refractivity contribution is 6.35. The molecule has 1 unspecified atom stereocenters. The molecule has 1 amide bonds. The van der Waals surface area contributed by atoms with Crippen molar-refractivity contribution in [3.8, 4) is 0 Å². The van der Waals surface area contributed by atoms with Crippen molar-refractivity contribution in [1.29, 1.82) is 0 Å². The van der Waals surface area contributed by atoms with Crippen LogP contribution in [-0.2, 0) is 14.4 Å². The van der Waals surface area contributed by atoms with Gasteiger partial charge in [-0.05, 0) is 26.0 Å². The molecule has 1 aliphatic rings. The molecular weight excluding hydrogens is 288 g/mol. The maximum absolute atomic E-state index is 12.8. The third-order valence-electron chi connectivity index (χ3n) is 3.25. The van der Waals surface area contributed by atoms with Gasteiger partial charge in [-0.15, -0.1) is 5.10 Å². The molecule has 2 N–H and O–H groups in total. The summed E-state index contributed by atoms with van der Waals surface area (Å²) in [5, 5.41) is 18.7. The molecule has 0 aliphatic carbocycles. The van der Waals surface area contributed by atoms with Crippen molar-refractivity contribution in [3.63, 3.8) is 0 Å². The first-order valence-electron chi connectivity index (χ1n) is 6.72. The van der Waals surface area contributed by atoms with Crippen molar-refractivity contribution in [2.75, 3.05) is 18.7 Å². The smallest absolute Gasteiger partial charge is 0.285 e. The quantitative estimate of drug-likeness (QED) is 0.628. The van der Waals surface area contributed by atoms with Crippen molar-refractivity contribution >= 4 is 23.2 Å². The van der Waals surface area contributed by atoms with Crippen LogP contribution in [0.25, 0.3) is 0 Å². The van der Waals surface area contributed by atoms with Crippen LogP contribution in [0.1, 0.15) is 13.8 Å². The van der Waals surface area contributed by atoms with Gasteiger partial charge in [0, 0.05) is 0 Å². The van der Waals surface area contributed by atoms with Crippen LogP contribution in [0.5, 0.6) is 0 Å². The number of anilines is 1. The SMILES string of the molecule is CCOC1=NN(c2ccccc2)C(=O)C1(NO)/C(C)=N/OC. The molecular formula is C14H18N4O4. The molecule has 0 bridgehead atoms. The first-order valence-corrected chi connectivity index (χ1v) is 6.72. The van der Waals surface area contributed by atoms with Gasteiger partial charge in [-0.1, -0.05) is 23.4 Å². The highest BCUT2D eigenvalue weighted by atomic mass is 16.6. The van der Waals surface area contributed by atoms with Gasteiger partial charge in [0.25, 0.3) is 5.91 Å². The number of hydrogen-bond donors (Lipinski definition) is 2. The van der Waals surface area contributed by atoms with Gasteiger partial charge in [0.1, 0.15) is 7.11 Å². The standard InChI is InChI=1S/C14H18N4O4/c1-4-22-12-14(17-20,10(2)16-21-3)13(19)18(15-12)11-8-6-5-7-9-11/h5-9,17,20H,4H2,1-3H3/b16-10+. The molecule has 0 saturated heterocycles. The minimum atomic E-state index is -1.71. The summed E-state index contributed by atoms with van der Waals surface area (Å²) in [6.45, 7) is 3.56. The van der Waals surface area contributed by atoms with Gasteiger partial charge in [0.15, 0.2) is 0 Å². The summed E-state index contributed by atoms with van der Waals surface area (Å²) in [5.41, 5.74) is 1.00. The molecule has 1 aromatic carbocycles. The topological polar surface area (TPSA) is 95.8 Å². The van der Waals surface area contributed by atoms with Crippen LogP contribution >= 0.6 is 0 Å². The Hall–Kier alpha value is -2.45. The van der Waals surface area contributed by atoms with E-state index in [0.29, 0.717) is 5.69 Å². The molecule has 8 heteroatoms. The van der Waals surface area contributed by atoms with Crippen molar-refractivity contribution in [2.24, 2.45) is 10.3 Å². The number of para-hydroxylation sites is 1. The summed E-state index contributed by atoms with van der Waals surface area (Å²) in [5.74, 6) is -0.535. The number of nitrogens with zero attached hydrogens (tertiary/aromatic N) is 3.